The molecule has 0 spiro atoms. The van der Waals surface area contributed by atoms with Gasteiger partial charge in [-0.05, 0) is 43.4 Å². The summed E-state index contributed by atoms with van der Waals surface area (Å²) in [6.45, 7) is 7.18. The van der Waals surface area contributed by atoms with Gasteiger partial charge in [0.05, 0.1) is 13.2 Å². The van der Waals surface area contributed by atoms with Gasteiger partial charge in [-0.2, -0.15) is 0 Å². The maximum atomic E-state index is 13.5. The second-order valence-electron chi connectivity index (χ2n) is 8.00. The highest BCUT2D eigenvalue weighted by Gasteiger charge is 2.34. The fraction of sp³-hybridized carbons (Fsp3) is 0.545. The number of piperidine rings is 1. The number of benzene rings is 1. The van der Waals surface area contributed by atoms with E-state index in [-0.39, 0.29) is 17.8 Å². The fourth-order valence-electron chi connectivity index (χ4n) is 4.37. The van der Waals surface area contributed by atoms with Crippen LogP contribution < -0.4 is 0 Å². The third-order valence-corrected chi connectivity index (χ3v) is 6.14. The van der Waals surface area contributed by atoms with E-state index in [2.05, 4.69) is 14.5 Å². The molecule has 0 radical (unpaired) electrons. The van der Waals surface area contributed by atoms with E-state index in [4.69, 9.17) is 4.74 Å². The number of imidazole rings is 1. The fourth-order valence-corrected chi connectivity index (χ4v) is 4.37. The van der Waals surface area contributed by atoms with E-state index < -0.39 is 0 Å². The molecule has 7 heteroatoms. The lowest BCUT2D eigenvalue weighted by Crippen LogP contribution is -2.49. The maximum absolute atomic E-state index is 13.5. The largest absolute Gasteiger partial charge is 0.379 e. The molecule has 156 valence electrons. The van der Waals surface area contributed by atoms with Gasteiger partial charge >= 0.3 is 0 Å². The molecule has 0 unspecified atom stereocenters. The van der Waals surface area contributed by atoms with Gasteiger partial charge in [0.25, 0.3) is 0 Å². The lowest BCUT2D eigenvalue weighted by atomic mass is 9.95. The summed E-state index contributed by atoms with van der Waals surface area (Å²) in [6.07, 6.45) is 5.84. The summed E-state index contributed by atoms with van der Waals surface area (Å²) in [7, 11) is 0. The summed E-state index contributed by atoms with van der Waals surface area (Å²) >= 11 is 0. The SMILES string of the molecule is Cc1nccn1CC1CCN(C(=O)[C@@H](c2ccc(F)cc2)N2CCOCC2)CC1. The van der Waals surface area contributed by atoms with Crippen molar-refractivity contribution >= 4 is 5.91 Å². The Kier molecular flexibility index (Phi) is 6.25. The van der Waals surface area contributed by atoms with Gasteiger partial charge in [0.2, 0.25) is 5.91 Å². The minimum atomic E-state index is -0.369. The summed E-state index contributed by atoms with van der Waals surface area (Å²) in [5.41, 5.74) is 0.856. The first-order valence-corrected chi connectivity index (χ1v) is 10.5. The lowest BCUT2D eigenvalue weighted by molar-refractivity contribution is -0.140. The van der Waals surface area contributed by atoms with Crippen LogP contribution >= 0.6 is 0 Å². The highest BCUT2D eigenvalue weighted by atomic mass is 19.1. The van der Waals surface area contributed by atoms with Gasteiger partial charge in [-0.3, -0.25) is 9.69 Å². The van der Waals surface area contributed by atoms with Crippen LogP contribution in [0.4, 0.5) is 4.39 Å². The van der Waals surface area contributed by atoms with Crippen molar-refractivity contribution in [3.8, 4) is 0 Å². The number of aryl methyl sites for hydroxylation is 1. The van der Waals surface area contributed by atoms with E-state index in [9.17, 15) is 9.18 Å². The van der Waals surface area contributed by atoms with E-state index in [1.807, 2.05) is 24.2 Å². The summed E-state index contributed by atoms with van der Waals surface area (Å²) in [5.74, 6) is 1.43. The molecule has 3 heterocycles. The molecule has 0 aliphatic carbocycles. The molecule has 2 fully saturated rings. The van der Waals surface area contributed by atoms with Crippen molar-refractivity contribution in [1.29, 1.82) is 0 Å². The Bertz CT molecular complexity index is 808. The monoisotopic (exact) mass is 400 g/mol. The maximum Gasteiger partial charge on any atom is 0.244 e. The predicted molar refractivity (Wildman–Crippen MR) is 108 cm³/mol. The molecule has 0 bridgehead atoms. The molecule has 1 atom stereocenters. The zero-order valence-corrected chi connectivity index (χ0v) is 17.0. The number of hydrogen-bond donors (Lipinski definition) is 0. The average Bonchev–Trinajstić information content (AvgIpc) is 3.15. The molecular formula is C22H29FN4O2. The van der Waals surface area contributed by atoms with Crippen molar-refractivity contribution in [3.05, 3.63) is 53.9 Å². The Labute approximate surface area is 171 Å². The molecule has 0 N–H and O–H groups in total. The van der Waals surface area contributed by atoms with Crippen molar-refractivity contribution in [2.75, 3.05) is 39.4 Å². The number of morpholine rings is 1. The topological polar surface area (TPSA) is 50.6 Å². The second kappa shape index (κ2) is 9.05. The molecule has 4 rings (SSSR count). The molecule has 1 aromatic carbocycles. The van der Waals surface area contributed by atoms with Gasteiger partial charge in [-0.25, -0.2) is 9.37 Å². The molecule has 2 aliphatic heterocycles. The van der Waals surface area contributed by atoms with E-state index in [0.29, 0.717) is 32.2 Å². The third kappa shape index (κ3) is 4.67. The first-order valence-electron chi connectivity index (χ1n) is 10.5. The van der Waals surface area contributed by atoms with E-state index in [1.54, 1.807) is 12.1 Å². The molecule has 0 saturated carbocycles. The van der Waals surface area contributed by atoms with Crippen molar-refractivity contribution in [2.45, 2.75) is 32.4 Å². The number of nitrogens with zero attached hydrogens (tertiary/aromatic N) is 4. The number of hydrogen-bond acceptors (Lipinski definition) is 4. The number of ether oxygens (including phenoxy) is 1. The Morgan fingerprint density at radius 2 is 1.86 bits per heavy atom. The molecule has 6 nitrogen and oxygen atoms in total. The van der Waals surface area contributed by atoms with Crippen LogP contribution in [-0.4, -0.2) is 64.7 Å². The van der Waals surface area contributed by atoms with Crippen LogP contribution in [-0.2, 0) is 16.1 Å². The number of aromatic nitrogens is 2. The Hall–Kier alpha value is -2.25. The molecule has 29 heavy (non-hydrogen) atoms. The van der Waals surface area contributed by atoms with Crippen LogP contribution in [0.5, 0.6) is 0 Å². The number of amides is 1. The molecule has 2 aromatic rings. The minimum Gasteiger partial charge on any atom is -0.379 e. The minimum absolute atomic E-state index is 0.121. The quantitative estimate of drug-likeness (QED) is 0.774. The summed E-state index contributed by atoms with van der Waals surface area (Å²) < 4.78 is 21.1. The highest BCUT2D eigenvalue weighted by Crippen LogP contribution is 2.28. The predicted octanol–water partition coefficient (Wildman–Crippen LogP) is 2.64. The smallest absolute Gasteiger partial charge is 0.244 e. The molecular weight excluding hydrogens is 371 g/mol. The summed E-state index contributed by atoms with van der Waals surface area (Å²) in [6, 6.07) is 5.99. The van der Waals surface area contributed by atoms with Crippen LogP contribution in [0.1, 0.15) is 30.3 Å². The average molecular weight is 400 g/mol. The van der Waals surface area contributed by atoms with Gasteiger partial charge in [-0.15, -0.1) is 0 Å². The molecule has 2 aliphatic rings. The van der Waals surface area contributed by atoms with Gasteiger partial charge in [0.15, 0.2) is 0 Å². The van der Waals surface area contributed by atoms with Crippen LogP contribution in [0.3, 0.4) is 0 Å². The number of halogens is 1. The third-order valence-electron chi connectivity index (χ3n) is 6.14. The van der Waals surface area contributed by atoms with Crippen LogP contribution in [0.15, 0.2) is 36.7 Å². The Morgan fingerprint density at radius 1 is 1.17 bits per heavy atom. The first-order chi connectivity index (χ1) is 14.1. The van der Waals surface area contributed by atoms with Crippen molar-refractivity contribution in [1.82, 2.24) is 19.4 Å². The first kappa shape index (κ1) is 20.0. The van der Waals surface area contributed by atoms with E-state index in [1.165, 1.54) is 12.1 Å². The van der Waals surface area contributed by atoms with Crippen LogP contribution in [0.2, 0.25) is 0 Å². The number of carbonyl (C=O) groups is 1. The van der Waals surface area contributed by atoms with Gasteiger partial charge in [-0.1, -0.05) is 12.1 Å². The zero-order chi connectivity index (χ0) is 20.2. The number of carbonyl (C=O) groups excluding carboxylic acids is 1. The highest BCUT2D eigenvalue weighted by molar-refractivity contribution is 5.83. The number of likely N-dealkylation sites (tertiary alicyclic amines) is 1. The lowest BCUT2D eigenvalue weighted by Gasteiger charge is -2.39. The van der Waals surface area contributed by atoms with Crippen LogP contribution in [0, 0.1) is 18.7 Å². The molecule has 1 amide bonds. The number of rotatable bonds is 5. The Morgan fingerprint density at radius 3 is 2.48 bits per heavy atom. The molecule has 1 aromatic heterocycles. The Balaban J connectivity index is 1.43. The van der Waals surface area contributed by atoms with Gasteiger partial charge < -0.3 is 14.2 Å². The van der Waals surface area contributed by atoms with Crippen LogP contribution in [0.25, 0.3) is 0 Å². The molecule has 2 saturated heterocycles. The van der Waals surface area contributed by atoms with Crippen molar-refractivity contribution < 1.29 is 13.9 Å². The second-order valence-corrected chi connectivity index (χ2v) is 8.00. The standard InChI is InChI=1S/C22H29FN4O2/c1-17-24-8-11-27(17)16-18-6-9-26(10-7-18)22(28)21(25-12-14-29-15-13-25)19-2-4-20(23)5-3-19/h2-5,8,11,18,21H,6-7,9-10,12-16H2,1H3/t21-/m1/s1. The van der Waals surface area contributed by atoms with Gasteiger partial charge in [0, 0.05) is 45.1 Å². The summed E-state index contributed by atoms with van der Waals surface area (Å²) in [4.78, 5) is 21.9. The summed E-state index contributed by atoms with van der Waals surface area (Å²) in [5, 5.41) is 0. The van der Waals surface area contributed by atoms with E-state index >= 15 is 0 Å². The van der Waals surface area contributed by atoms with E-state index in [0.717, 1.165) is 43.9 Å². The van der Waals surface area contributed by atoms with Crippen molar-refractivity contribution in [2.24, 2.45) is 5.92 Å². The van der Waals surface area contributed by atoms with Crippen molar-refractivity contribution in [3.63, 3.8) is 0 Å². The normalized spacial score (nSPS) is 20.0. The zero-order valence-electron chi connectivity index (χ0n) is 17.0. The van der Waals surface area contributed by atoms with Gasteiger partial charge in [0.1, 0.15) is 17.7 Å².